The minimum Gasteiger partial charge on any atom is -0.327 e. The first-order valence-corrected chi connectivity index (χ1v) is 8.86. The van der Waals surface area contributed by atoms with Crippen molar-refractivity contribution >= 4 is 38.6 Å². The van der Waals surface area contributed by atoms with Crippen LogP contribution in [0.15, 0.2) is 16.6 Å². The lowest BCUT2D eigenvalue weighted by Crippen LogP contribution is -2.16. The van der Waals surface area contributed by atoms with E-state index in [1.54, 1.807) is 0 Å². The molecule has 0 aliphatic heterocycles. The largest absolute Gasteiger partial charge is 0.327 e. The van der Waals surface area contributed by atoms with Crippen molar-refractivity contribution < 1.29 is 4.39 Å². The molecule has 0 spiro atoms. The molecular weight excluding hydrogens is 355 g/mol. The molecule has 0 amide bonds. The van der Waals surface area contributed by atoms with Gasteiger partial charge in [-0.15, -0.1) is 11.6 Å². The van der Waals surface area contributed by atoms with Gasteiger partial charge in [0.25, 0.3) is 0 Å². The van der Waals surface area contributed by atoms with Gasteiger partial charge in [0.2, 0.25) is 0 Å². The average molecular weight is 372 g/mol. The van der Waals surface area contributed by atoms with E-state index in [0.29, 0.717) is 15.8 Å². The Morgan fingerprint density at radius 3 is 2.76 bits per heavy atom. The quantitative estimate of drug-likeness (QED) is 0.683. The normalized spacial score (nSPS) is 20.1. The molecule has 0 radical (unpaired) electrons. The lowest BCUT2D eigenvalue weighted by atomic mass is 10.0. The predicted octanol–water partition coefficient (Wildman–Crippen LogP) is 4.91. The Balaban J connectivity index is 1.80. The number of nitrogens with zero attached hydrogens (tertiary/aromatic N) is 2. The van der Waals surface area contributed by atoms with Gasteiger partial charge in [-0.05, 0) is 59.0 Å². The van der Waals surface area contributed by atoms with Gasteiger partial charge < -0.3 is 4.57 Å². The summed E-state index contributed by atoms with van der Waals surface area (Å²) in [6.07, 6.45) is 6.11. The zero-order valence-electron chi connectivity index (χ0n) is 11.7. The number of rotatable bonds is 5. The number of hydrogen-bond donors (Lipinski definition) is 0. The number of imidazole rings is 1. The van der Waals surface area contributed by atoms with Crippen LogP contribution in [-0.4, -0.2) is 15.4 Å². The minimum absolute atomic E-state index is 0.257. The average Bonchev–Trinajstić information content (AvgIpc) is 3.33. The lowest BCUT2D eigenvalue weighted by molar-refractivity contribution is 0.369. The summed E-state index contributed by atoms with van der Waals surface area (Å²) < 4.78 is 16.5. The Morgan fingerprint density at radius 1 is 1.38 bits per heavy atom. The first-order valence-electron chi connectivity index (χ1n) is 7.53. The van der Waals surface area contributed by atoms with E-state index in [0.717, 1.165) is 35.7 Å². The van der Waals surface area contributed by atoms with Gasteiger partial charge in [-0.1, -0.05) is 0 Å². The number of alkyl halides is 1. The van der Waals surface area contributed by atoms with Crippen LogP contribution < -0.4 is 0 Å². The summed E-state index contributed by atoms with van der Waals surface area (Å²) in [5, 5.41) is 0. The molecule has 0 N–H and O–H groups in total. The van der Waals surface area contributed by atoms with Crippen molar-refractivity contribution in [2.75, 3.05) is 5.88 Å². The second kappa shape index (κ2) is 4.95. The predicted molar refractivity (Wildman–Crippen MR) is 86.2 cm³/mol. The fourth-order valence-electron chi connectivity index (χ4n) is 3.49. The molecule has 2 aromatic rings. The molecule has 4 rings (SSSR count). The summed E-state index contributed by atoms with van der Waals surface area (Å²) in [6.45, 7) is 1.01. The highest BCUT2D eigenvalue weighted by Crippen LogP contribution is 2.62. The van der Waals surface area contributed by atoms with E-state index in [9.17, 15) is 4.39 Å². The molecule has 0 bridgehead atoms. The third-order valence-electron chi connectivity index (χ3n) is 5.00. The van der Waals surface area contributed by atoms with Crippen molar-refractivity contribution in [3.8, 4) is 0 Å². The second-order valence-electron chi connectivity index (χ2n) is 6.44. The van der Waals surface area contributed by atoms with E-state index < -0.39 is 0 Å². The third-order valence-corrected chi connectivity index (χ3v) is 5.79. The first-order chi connectivity index (χ1) is 10.1. The molecular formula is C16H17BrClFN2. The summed E-state index contributed by atoms with van der Waals surface area (Å²) in [4.78, 5) is 4.61. The van der Waals surface area contributed by atoms with Crippen LogP contribution in [0.4, 0.5) is 4.39 Å². The molecule has 2 aliphatic carbocycles. The van der Waals surface area contributed by atoms with E-state index in [1.807, 2.05) is 6.07 Å². The Morgan fingerprint density at radius 2 is 2.14 bits per heavy atom. The van der Waals surface area contributed by atoms with Crippen LogP contribution in [0.25, 0.3) is 11.0 Å². The lowest BCUT2D eigenvalue weighted by Gasteiger charge is -2.17. The molecule has 1 heterocycles. The van der Waals surface area contributed by atoms with E-state index in [-0.39, 0.29) is 5.82 Å². The summed E-state index contributed by atoms with van der Waals surface area (Å²) in [5.41, 5.74) is 2.24. The summed E-state index contributed by atoms with van der Waals surface area (Å²) >= 11 is 9.22. The topological polar surface area (TPSA) is 17.8 Å². The fraction of sp³-hybridized carbons (Fsp3) is 0.562. The van der Waals surface area contributed by atoms with E-state index in [1.165, 1.54) is 31.7 Å². The maximum Gasteiger partial charge on any atom is 0.139 e. The molecule has 1 aromatic carbocycles. The second-order valence-corrected chi connectivity index (χ2v) is 7.68. The Kier molecular flexibility index (Phi) is 3.30. The van der Waals surface area contributed by atoms with Gasteiger partial charge in [0.1, 0.15) is 11.6 Å². The number of hydrogen-bond acceptors (Lipinski definition) is 1. The van der Waals surface area contributed by atoms with Gasteiger partial charge in [-0.25, -0.2) is 9.37 Å². The van der Waals surface area contributed by atoms with Gasteiger partial charge in [0.15, 0.2) is 0 Å². The van der Waals surface area contributed by atoms with Crippen molar-refractivity contribution in [1.29, 1.82) is 0 Å². The summed E-state index contributed by atoms with van der Waals surface area (Å²) in [6, 6.07) is 3.38. The van der Waals surface area contributed by atoms with Gasteiger partial charge >= 0.3 is 0 Å². The summed E-state index contributed by atoms with van der Waals surface area (Å²) in [7, 11) is 0. The molecule has 2 saturated carbocycles. The van der Waals surface area contributed by atoms with Gasteiger partial charge in [-0.2, -0.15) is 0 Å². The van der Waals surface area contributed by atoms with Crippen LogP contribution in [0.2, 0.25) is 0 Å². The Hall–Kier alpha value is -0.610. The smallest absolute Gasteiger partial charge is 0.139 e. The van der Waals surface area contributed by atoms with Crippen LogP contribution in [0.3, 0.4) is 0 Å². The Labute approximate surface area is 136 Å². The fourth-order valence-corrected chi connectivity index (χ4v) is 3.99. The standard InChI is InChI=1S/C16H17BrClFN2/c17-11-7-14-13(8-12(11)19)20-15(3-6-18)21(14)9-16(4-5-16)10-1-2-10/h7-8,10H,1-6,9H2. The molecule has 5 heteroatoms. The van der Waals surface area contributed by atoms with Crippen LogP contribution in [0.1, 0.15) is 31.5 Å². The van der Waals surface area contributed by atoms with Crippen molar-refractivity contribution in [2.45, 2.75) is 38.6 Å². The molecule has 0 atom stereocenters. The number of fused-ring (bicyclic) bond motifs is 1. The molecule has 2 aliphatic rings. The molecule has 1 aromatic heterocycles. The highest BCUT2D eigenvalue weighted by Gasteiger charge is 2.54. The zero-order chi connectivity index (χ0) is 14.6. The summed E-state index contributed by atoms with van der Waals surface area (Å²) in [5.74, 6) is 2.17. The number of benzene rings is 1. The van der Waals surface area contributed by atoms with Crippen molar-refractivity contribution in [1.82, 2.24) is 9.55 Å². The van der Waals surface area contributed by atoms with Crippen LogP contribution >= 0.6 is 27.5 Å². The highest BCUT2D eigenvalue weighted by molar-refractivity contribution is 9.10. The molecule has 2 nitrogen and oxygen atoms in total. The zero-order valence-corrected chi connectivity index (χ0v) is 14.1. The number of aryl methyl sites for hydroxylation is 1. The van der Waals surface area contributed by atoms with Crippen molar-refractivity contribution in [3.05, 3.63) is 28.2 Å². The van der Waals surface area contributed by atoms with E-state index in [2.05, 4.69) is 25.5 Å². The van der Waals surface area contributed by atoms with Gasteiger partial charge in [0, 0.05) is 24.9 Å². The minimum atomic E-state index is -0.257. The van der Waals surface area contributed by atoms with Gasteiger partial charge in [-0.3, -0.25) is 0 Å². The first kappa shape index (κ1) is 14.0. The molecule has 0 saturated heterocycles. The van der Waals surface area contributed by atoms with E-state index in [4.69, 9.17) is 11.6 Å². The highest BCUT2D eigenvalue weighted by atomic mass is 79.9. The molecule has 21 heavy (non-hydrogen) atoms. The van der Waals surface area contributed by atoms with Crippen LogP contribution in [0, 0.1) is 17.2 Å². The van der Waals surface area contributed by atoms with Gasteiger partial charge in [0.05, 0.1) is 15.5 Å². The van der Waals surface area contributed by atoms with Crippen LogP contribution in [-0.2, 0) is 13.0 Å². The number of halogens is 3. The van der Waals surface area contributed by atoms with Crippen LogP contribution in [0.5, 0.6) is 0 Å². The molecule has 2 fully saturated rings. The van der Waals surface area contributed by atoms with E-state index >= 15 is 0 Å². The van der Waals surface area contributed by atoms with Crippen molar-refractivity contribution in [2.24, 2.45) is 11.3 Å². The monoisotopic (exact) mass is 370 g/mol. The maximum atomic E-state index is 13.7. The molecule has 0 unspecified atom stereocenters. The SMILES string of the molecule is Fc1cc2nc(CCCl)n(CC3(C4CC4)CC3)c2cc1Br. The maximum absolute atomic E-state index is 13.7. The number of aromatic nitrogens is 2. The Bertz CT molecular complexity index is 704. The van der Waals surface area contributed by atoms with Crippen molar-refractivity contribution in [3.63, 3.8) is 0 Å². The third kappa shape index (κ3) is 2.40. The molecule has 112 valence electrons.